The predicted octanol–water partition coefficient (Wildman–Crippen LogP) is -0.815. The maximum atomic E-state index is 12.0. The normalized spacial score (nSPS) is 58.1. The second-order valence-corrected chi connectivity index (χ2v) is 21.2. The van der Waals surface area contributed by atoms with Crippen LogP contribution in [0.4, 0.5) is 0 Å². The van der Waals surface area contributed by atoms with Crippen molar-refractivity contribution in [2.24, 2.45) is 46.3 Å². The molecule has 4 aliphatic carbocycles. The Bertz CT molecular complexity index is 1640. The molecule has 27 atom stereocenters. The van der Waals surface area contributed by atoms with Crippen LogP contribution in [0.5, 0.6) is 0 Å². The van der Waals surface area contributed by atoms with Crippen molar-refractivity contribution < 1.29 is 89.0 Å². The molecule has 3 saturated carbocycles. The van der Waals surface area contributed by atoms with Crippen LogP contribution in [0, 0.1) is 46.3 Å². The van der Waals surface area contributed by atoms with Gasteiger partial charge in [-0.05, 0) is 80.5 Å². The Morgan fingerprint density at radius 3 is 1.97 bits per heavy atom. The number of fused-ring (bicyclic) bond motifs is 7. The number of aliphatic hydroxyl groups excluding tert-OH is 10. The molecule has 9 aliphatic rings. The third kappa shape index (κ3) is 7.62. The summed E-state index contributed by atoms with van der Waals surface area (Å²) < 4.78 is 49.5. The maximum absolute atomic E-state index is 12.0. The van der Waals surface area contributed by atoms with Crippen LogP contribution in [-0.4, -0.2) is 187 Å². The first-order chi connectivity index (χ1) is 29.9. The highest BCUT2D eigenvalue weighted by molar-refractivity contribution is 5.29. The van der Waals surface area contributed by atoms with Crippen LogP contribution in [0.3, 0.4) is 0 Å². The topological polar surface area (TPSA) is 276 Å². The molecule has 63 heavy (non-hydrogen) atoms. The van der Waals surface area contributed by atoms with E-state index in [1.54, 1.807) is 0 Å². The summed E-state index contributed by atoms with van der Waals surface area (Å²) in [6.45, 7) is 9.99. The minimum Gasteiger partial charge on any atom is -0.394 e. The fraction of sp³-hybridized carbons (Fsp3) is 0.956. The van der Waals surface area contributed by atoms with E-state index in [9.17, 15) is 51.1 Å². The smallest absolute Gasteiger partial charge is 0.187 e. The summed E-state index contributed by atoms with van der Waals surface area (Å²) in [6.07, 6.45) is -16.2. The highest BCUT2D eigenvalue weighted by Gasteiger charge is 2.69. The van der Waals surface area contributed by atoms with E-state index in [0.29, 0.717) is 30.1 Å². The molecule has 5 saturated heterocycles. The van der Waals surface area contributed by atoms with Crippen LogP contribution in [0.15, 0.2) is 11.6 Å². The van der Waals surface area contributed by atoms with Gasteiger partial charge in [-0.3, -0.25) is 0 Å². The van der Waals surface area contributed by atoms with Gasteiger partial charge in [-0.25, -0.2) is 0 Å². The zero-order chi connectivity index (χ0) is 45.1. The van der Waals surface area contributed by atoms with Crippen molar-refractivity contribution in [3.63, 3.8) is 0 Å². The largest absolute Gasteiger partial charge is 0.394 e. The Labute approximate surface area is 368 Å². The lowest BCUT2D eigenvalue weighted by Crippen LogP contribution is -2.66. The Kier molecular flexibility index (Phi) is 13.1. The van der Waals surface area contributed by atoms with Crippen LogP contribution in [0.25, 0.3) is 0 Å². The molecule has 0 aromatic heterocycles. The van der Waals surface area contributed by atoms with Crippen molar-refractivity contribution in [3.05, 3.63) is 11.6 Å². The maximum Gasteiger partial charge on any atom is 0.187 e. The second-order valence-electron chi connectivity index (χ2n) is 21.2. The lowest BCUT2D eigenvalue weighted by molar-refractivity contribution is -0.382. The molecule has 9 rings (SSSR count). The van der Waals surface area contributed by atoms with Gasteiger partial charge in [-0.1, -0.05) is 39.3 Å². The van der Waals surface area contributed by atoms with E-state index in [1.807, 2.05) is 0 Å². The summed E-state index contributed by atoms with van der Waals surface area (Å²) >= 11 is 0. The third-order valence-electron chi connectivity index (χ3n) is 17.7. The molecule has 0 aromatic carbocycles. The molecule has 10 N–H and O–H groups in total. The first kappa shape index (κ1) is 47.1. The molecule has 1 spiro atoms. The van der Waals surface area contributed by atoms with E-state index in [-0.39, 0.29) is 29.8 Å². The van der Waals surface area contributed by atoms with E-state index in [1.165, 1.54) is 6.92 Å². The average Bonchev–Trinajstić information content (AvgIpc) is 3.70. The van der Waals surface area contributed by atoms with E-state index in [4.69, 9.17) is 37.9 Å². The summed E-state index contributed by atoms with van der Waals surface area (Å²) in [5, 5.41) is 108. The van der Waals surface area contributed by atoms with E-state index in [0.717, 1.165) is 50.7 Å². The average molecular weight is 901 g/mol. The molecular formula is C45H72O18. The number of aliphatic hydroxyl groups is 10. The Morgan fingerprint density at radius 2 is 1.32 bits per heavy atom. The van der Waals surface area contributed by atoms with Gasteiger partial charge in [0.05, 0.1) is 44.2 Å². The van der Waals surface area contributed by atoms with Gasteiger partial charge >= 0.3 is 0 Å². The minimum atomic E-state index is -1.85. The van der Waals surface area contributed by atoms with E-state index >= 15 is 0 Å². The standard InChI is InChI=1S/C45H72O18/c1-18-8-11-45(56-17-18)19(2)30-26(63-45)14-25-23-7-6-21-12-22(48)13-29(44(21,5)24(23)9-10-43(25,30)4)60-42-37(55)39(33(51)28(16-47)59-42)62-41-36(54)38(31(49)20(3)57-41)61-40-35(53)34(52)32(50)27(15-46)58-40/h6,18-20,22-42,46-55H,7-17H2,1-5H3/t18-,19-,20+,22+,23?,24?,25?,26?,27+,28+,29+,30?,31-,32+,33+,34-,35+,36+,37+,38+,39-,40-,41-,42-,43-,44-,45?/m0/s1. The molecule has 18 heteroatoms. The van der Waals surface area contributed by atoms with Crippen molar-refractivity contribution in [2.45, 2.75) is 202 Å². The predicted molar refractivity (Wildman–Crippen MR) is 216 cm³/mol. The fourth-order valence-corrected chi connectivity index (χ4v) is 14.1. The number of rotatable bonds is 8. The molecule has 0 aromatic rings. The van der Waals surface area contributed by atoms with Crippen LogP contribution < -0.4 is 0 Å². The van der Waals surface area contributed by atoms with Gasteiger partial charge in [-0.2, -0.15) is 0 Å². The molecule has 360 valence electrons. The Morgan fingerprint density at radius 1 is 0.683 bits per heavy atom. The van der Waals surface area contributed by atoms with Crippen LogP contribution in [-0.2, 0) is 37.9 Å². The van der Waals surface area contributed by atoms with Gasteiger partial charge in [0, 0.05) is 24.2 Å². The van der Waals surface area contributed by atoms with Gasteiger partial charge in [0.15, 0.2) is 24.7 Å². The zero-order valence-corrected chi connectivity index (χ0v) is 37.0. The molecule has 5 aliphatic heterocycles. The van der Waals surface area contributed by atoms with Crippen molar-refractivity contribution in [1.29, 1.82) is 0 Å². The first-order valence-corrected chi connectivity index (χ1v) is 23.5. The molecule has 18 nitrogen and oxygen atoms in total. The molecule has 0 amide bonds. The van der Waals surface area contributed by atoms with Gasteiger partial charge in [0.25, 0.3) is 0 Å². The highest BCUT2D eigenvalue weighted by Crippen LogP contribution is 2.71. The minimum absolute atomic E-state index is 0.0588. The van der Waals surface area contributed by atoms with Gasteiger partial charge in [-0.15, -0.1) is 0 Å². The van der Waals surface area contributed by atoms with Crippen molar-refractivity contribution in [3.8, 4) is 0 Å². The van der Waals surface area contributed by atoms with Crippen molar-refractivity contribution >= 4 is 0 Å². The Hall–Kier alpha value is -0.980. The molecular weight excluding hydrogens is 828 g/mol. The molecule has 8 fully saturated rings. The second kappa shape index (κ2) is 17.5. The summed E-state index contributed by atoms with van der Waals surface area (Å²) in [5.41, 5.74) is 0.616. The van der Waals surface area contributed by atoms with Crippen LogP contribution in [0.2, 0.25) is 0 Å². The molecule has 0 bridgehead atoms. The summed E-state index contributed by atoms with van der Waals surface area (Å²) in [5.74, 6) is 1.58. The van der Waals surface area contributed by atoms with E-state index in [2.05, 4.69) is 33.8 Å². The van der Waals surface area contributed by atoms with Crippen molar-refractivity contribution in [2.75, 3.05) is 19.8 Å². The van der Waals surface area contributed by atoms with E-state index < -0.39 is 129 Å². The number of hydrogen-bond donors (Lipinski definition) is 10. The first-order valence-electron chi connectivity index (χ1n) is 23.5. The molecule has 0 radical (unpaired) electrons. The SMILES string of the molecule is C[C@H]1CCC2(OC1)OC1CC3C4CC=C5C[C@@H](O)C[C@@H](O[C@@H]6O[C@H](CO)[C@@H](O)[C@H](O[C@@H]7O[C@H](C)[C@H](O)[C@@H](O[C@@H]8O[C@H](CO)[C@@H](O)[C@H](O)[C@H]8O)[C@H]7O)[C@H]6O)[C@]5(C)C4CC[C@]3(C)C1[C@@H]2C. The van der Waals surface area contributed by atoms with Gasteiger partial charge < -0.3 is 89.0 Å². The number of hydrogen-bond acceptors (Lipinski definition) is 18. The number of ether oxygens (including phenoxy) is 8. The molecule has 5 heterocycles. The fourth-order valence-electron chi connectivity index (χ4n) is 14.1. The lowest BCUT2D eigenvalue weighted by Gasteiger charge is -2.60. The van der Waals surface area contributed by atoms with Crippen LogP contribution in [0.1, 0.15) is 86.0 Å². The van der Waals surface area contributed by atoms with Crippen molar-refractivity contribution in [1.82, 2.24) is 0 Å². The quantitative estimate of drug-likeness (QED) is 0.133. The summed E-state index contributed by atoms with van der Waals surface area (Å²) in [4.78, 5) is 0. The zero-order valence-electron chi connectivity index (χ0n) is 37.0. The number of allylic oxidation sites excluding steroid dienone is 1. The summed E-state index contributed by atoms with van der Waals surface area (Å²) in [7, 11) is 0. The Balaban J connectivity index is 0.922. The van der Waals surface area contributed by atoms with Crippen LogP contribution >= 0.6 is 0 Å². The lowest BCUT2D eigenvalue weighted by atomic mass is 9.46. The van der Waals surface area contributed by atoms with Gasteiger partial charge in [0.2, 0.25) is 0 Å². The highest BCUT2D eigenvalue weighted by atomic mass is 16.8. The summed E-state index contributed by atoms with van der Waals surface area (Å²) in [6, 6.07) is 0. The third-order valence-corrected chi connectivity index (χ3v) is 17.7. The molecule has 6 unspecified atom stereocenters. The van der Waals surface area contributed by atoms with Gasteiger partial charge in [0.1, 0.15) is 67.1 Å². The monoisotopic (exact) mass is 900 g/mol.